The van der Waals surface area contributed by atoms with Crippen LogP contribution in [0.5, 0.6) is 5.75 Å². The summed E-state index contributed by atoms with van der Waals surface area (Å²) in [5.41, 5.74) is 4.79. The molecule has 0 amide bonds. The molecule has 6 heteroatoms. The summed E-state index contributed by atoms with van der Waals surface area (Å²) < 4.78 is 5.28. The lowest BCUT2D eigenvalue weighted by molar-refractivity contribution is 0.0292. The van der Waals surface area contributed by atoms with Crippen molar-refractivity contribution in [3.05, 3.63) is 71.8 Å². The maximum Gasteiger partial charge on any atom is 0.159 e. The van der Waals surface area contributed by atoms with Crippen molar-refractivity contribution in [1.29, 1.82) is 0 Å². The fourth-order valence-electron chi connectivity index (χ4n) is 6.03. The van der Waals surface area contributed by atoms with Gasteiger partial charge in [0, 0.05) is 66.9 Å². The van der Waals surface area contributed by atoms with Crippen molar-refractivity contribution in [3.63, 3.8) is 0 Å². The summed E-state index contributed by atoms with van der Waals surface area (Å²) in [4.78, 5) is 17.1. The van der Waals surface area contributed by atoms with E-state index in [0.29, 0.717) is 23.8 Å². The molecule has 6 nitrogen and oxygen atoms in total. The van der Waals surface area contributed by atoms with Crippen molar-refractivity contribution in [1.82, 2.24) is 25.2 Å². The van der Waals surface area contributed by atoms with Gasteiger partial charge in [-0.15, -0.1) is 0 Å². The summed E-state index contributed by atoms with van der Waals surface area (Å²) in [6.45, 7) is 8.73. The van der Waals surface area contributed by atoms with Crippen LogP contribution in [0.1, 0.15) is 68.3 Å². The maximum atomic E-state index is 5.28. The second-order valence-electron chi connectivity index (χ2n) is 10.3. The van der Waals surface area contributed by atoms with Gasteiger partial charge in [-0.3, -0.25) is 9.88 Å². The Hall–Kier alpha value is -2.83. The zero-order chi connectivity index (χ0) is 24.9. The normalized spacial score (nSPS) is 23.2. The fourth-order valence-corrected chi connectivity index (χ4v) is 6.03. The lowest BCUT2D eigenvalue weighted by Crippen LogP contribution is -2.55. The molecule has 36 heavy (non-hydrogen) atoms. The van der Waals surface area contributed by atoms with Gasteiger partial charge in [0.15, 0.2) is 5.82 Å². The Morgan fingerprint density at radius 3 is 2.50 bits per heavy atom. The summed E-state index contributed by atoms with van der Waals surface area (Å²) in [7, 11) is 1.71. The minimum Gasteiger partial charge on any atom is -0.497 e. The van der Waals surface area contributed by atoms with Gasteiger partial charge >= 0.3 is 0 Å². The first kappa shape index (κ1) is 24.8. The van der Waals surface area contributed by atoms with Gasteiger partial charge in [-0.1, -0.05) is 26.0 Å². The number of hydrogen-bond acceptors (Lipinski definition) is 6. The van der Waals surface area contributed by atoms with E-state index in [2.05, 4.69) is 47.2 Å². The molecule has 5 heterocycles. The average molecular weight is 486 g/mol. The largest absolute Gasteiger partial charge is 0.497 e. The lowest BCUT2D eigenvalue weighted by Gasteiger charge is -2.50. The van der Waals surface area contributed by atoms with Crippen LogP contribution in [0.4, 0.5) is 0 Å². The van der Waals surface area contributed by atoms with E-state index >= 15 is 0 Å². The van der Waals surface area contributed by atoms with E-state index in [1.165, 1.54) is 36.3 Å². The summed E-state index contributed by atoms with van der Waals surface area (Å²) in [6.07, 6.45) is 8.36. The van der Waals surface area contributed by atoms with Gasteiger partial charge in [0.2, 0.25) is 0 Å². The summed E-state index contributed by atoms with van der Waals surface area (Å²) in [5, 5.41) is 3.70. The van der Waals surface area contributed by atoms with Crippen molar-refractivity contribution in [2.24, 2.45) is 5.92 Å². The first-order chi connectivity index (χ1) is 17.7. The molecule has 0 spiro atoms. The Bertz CT molecular complexity index is 1120. The topological polar surface area (TPSA) is 63.2 Å². The van der Waals surface area contributed by atoms with Gasteiger partial charge in [-0.05, 0) is 74.0 Å². The van der Waals surface area contributed by atoms with Crippen molar-refractivity contribution in [3.8, 4) is 17.1 Å². The Kier molecular flexibility index (Phi) is 7.93. The number of piperidine rings is 3. The molecular formula is C30H39N5O. The molecule has 0 radical (unpaired) electrons. The van der Waals surface area contributed by atoms with Crippen molar-refractivity contribution >= 4 is 0 Å². The van der Waals surface area contributed by atoms with E-state index in [0.717, 1.165) is 49.6 Å². The molecule has 6 rings (SSSR count). The Balaban J connectivity index is 1.29. The quantitative estimate of drug-likeness (QED) is 0.414. The van der Waals surface area contributed by atoms with E-state index in [1.807, 2.05) is 36.7 Å². The van der Waals surface area contributed by atoms with Crippen molar-refractivity contribution < 1.29 is 4.74 Å². The molecule has 3 aliphatic heterocycles. The molecule has 1 unspecified atom stereocenters. The molecule has 4 atom stereocenters. The molecule has 2 aromatic heterocycles. The number of nitrogens with one attached hydrogen (secondary N) is 1. The molecule has 3 saturated heterocycles. The van der Waals surface area contributed by atoms with Crippen LogP contribution >= 0.6 is 0 Å². The first-order valence-corrected chi connectivity index (χ1v) is 13.5. The molecule has 0 saturated carbocycles. The number of ether oxygens (including phenoxy) is 1. The molecule has 3 aliphatic rings. The number of methoxy groups -OCH3 is 1. The number of pyridine rings is 1. The number of rotatable bonds is 10. The summed E-state index contributed by atoms with van der Waals surface area (Å²) in [6, 6.07) is 15.3. The highest BCUT2D eigenvalue weighted by Crippen LogP contribution is 2.42. The van der Waals surface area contributed by atoms with Crippen LogP contribution in [0.15, 0.2) is 54.9 Å². The highest BCUT2D eigenvalue weighted by molar-refractivity contribution is 5.54. The third-order valence-electron chi connectivity index (χ3n) is 8.23. The Morgan fingerprint density at radius 2 is 1.83 bits per heavy atom. The molecule has 0 aliphatic carbocycles. The SMILES string of the molecule is CCC(CC)c1cc([C@@H]2CN3CC[C@H]2C[C@@H]3CNCc2ccc(OC)cc2)nc(-c2ccncc2)n1. The second kappa shape index (κ2) is 11.5. The third-order valence-corrected chi connectivity index (χ3v) is 8.23. The van der Waals surface area contributed by atoms with Crippen LogP contribution in [0.25, 0.3) is 11.4 Å². The molecular weight excluding hydrogens is 446 g/mol. The standard InChI is InChI=1S/C30H39N5O/c1-4-22(5-2)28-17-29(34-30(33-28)23-10-13-31-14-11-23)27-20-35-15-12-24(27)16-25(35)19-32-18-21-6-8-26(36-3)9-7-21/h6-11,13-14,17,22,24-25,27,32H,4-5,12,15-16,18-20H2,1-3H3/t24-,25+,27+/m0/s1. The monoisotopic (exact) mass is 485 g/mol. The van der Waals surface area contributed by atoms with Crippen molar-refractivity contribution in [2.75, 3.05) is 26.7 Å². The van der Waals surface area contributed by atoms with E-state index < -0.39 is 0 Å². The van der Waals surface area contributed by atoms with Gasteiger partial charge in [-0.25, -0.2) is 9.97 Å². The molecule has 1 aromatic carbocycles. The summed E-state index contributed by atoms with van der Waals surface area (Å²) in [5.74, 6) is 3.39. The van der Waals surface area contributed by atoms with Crippen LogP contribution in [0.2, 0.25) is 0 Å². The average Bonchev–Trinajstić information content (AvgIpc) is 2.95. The van der Waals surface area contributed by atoms with Gasteiger partial charge in [-0.2, -0.15) is 0 Å². The minimum atomic E-state index is 0.475. The predicted octanol–water partition coefficient (Wildman–Crippen LogP) is 5.42. The molecule has 2 bridgehead atoms. The van der Waals surface area contributed by atoms with Gasteiger partial charge in [0.1, 0.15) is 5.75 Å². The number of aromatic nitrogens is 3. The smallest absolute Gasteiger partial charge is 0.159 e. The fraction of sp³-hybridized carbons (Fsp3) is 0.500. The first-order valence-electron chi connectivity index (χ1n) is 13.5. The van der Waals surface area contributed by atoms with Crippen LogP contribution in [0, 0.1) is 5.92 Å². The second-order valence-corrected chi connectivity index (χ2v) is 10.3. The molecule has 3 fully saturated rings. The number of fused-ring (bicyclic) bond motifs is 3. The molecule has 3 aromatic rings. The van der Waals surface area contributed by atoms with E-state index in [-0.39, 0.29) is 0 Å². The van der Waals surface area contributed by atoms with Crippen LogP contribution in [0.3, 0.4) is 0 Å². The molecule has 1 N–H and O–H groups in total. The van der Waals surface area contributed by atoms with E-state index in [1.54, 1.807) is 7.11 Å². The highest BCUT2D eigenvalue weighted by Gasteiger charge is 2.41. The van der Waals surface area contributed by atoms with Crippen LogP contribution in [-0.2, 0) is 6.54 Å². The van der Waals surface area contributed by atoms with Crippen LogP contribution in [-0.4, -0.2) is 52.6 Å². The van der Waals surface area contributed by atoms with Gasteiger partial charge < -0.3 is 10.1 Å². The zero-order valence-corrected chi connectivity index (χ0v) is 21.9. The lowest BCUT2D eigenvalue weighted by atomic mass is 9.74. The number of hydrogen-bond donors (Lipinski definition) is 1. The van der Waals surface area contributed by atoms with Crippen molar-refractivity contribution in [2.45, 2.75) is 64.0 Å². The van der Waals surface area contributed by atoms with E-state index in [9.17, 15) is 0 Å². The number of nitrogens with zero attached hydrogens (tertiary/aromatic N) is 4. The summed E-state index contributed by atoms with van der Waals surface area (Å²) >= 11 is 0. The van der Waals surface area contributed by atoms with Crippen LogP contribution < -0.4 is 10.1 Å². The minimum absolute atomic E-state index is 0.475. The van der Waals surface area contributed by atoms with Gasteiger partial charge in [0.25, 0.3) is 0 Å². The highest BCUT2D eigenvalue weighted by atomic mass is 16.5. The third kappa shape index (κ3) is 5.45. The zero-order valence-electron chi connectivity index (χ0n) is 21.9. The predicted molar refractivity (Wildman–Crippen MR) is 144 cm³/mol. The Morgan fingerprint density at radius 1 is 1.06 bits per heavy atom. The maximum absolute atomic E-state index is 5.28. The number of benzene rings is 1. The van der Waals surface area contributed by atoms with E-state index in [4.69, 9.17) is 14.7 Å². The molecule has 190 valence electrons. The Labute approximate surface area is 215 Å². The van der Waals surface area contributed by atoms with Gasteiger partial charge in [0.05, 0.1) is 7.11 Å².